The molecule has 0 radical (unpaired) electrons. The Balaban J connectivity index is 2.28. The number of hydrogen-bond donors (Lipinski definition) is 1. The number of rotatable bonds is 3. The molecule has 0 atom stereocenters. The van der Waals surface area contributed by atoms with Crippen molar-refractivity contribution in [2.45, 2.75) is 31.7 Å². The van der Waals surface area contributed by atoms with Crippen LogP contribution in [0.1, 0.15) is 26.2 Å². The van der Waals surface area contributed by atoms with Gasteiger partial charge in [0.1, 0.15) is 0 Å². The molecule has 1 N–H and O–H groups in total. The van der Waals surface area contributed by atoms with Crippen LogP contribution in [0, 0.1) is 4.77 Å². The van der Waals surface area contributed by atoms with Gasteiger partial charge in [-0.05, 0) is 38.4 Å². The lowest BCUT2D eigenvalue weighted by atomic mass is 9.78. The molecule has 1 aromatic heterocycles. The SMILES string of the molecule is COc1cc2[nH]c(=S)n(C3(C)CCC3)c2cc1OC. The van der Waals surface area contributed by atoms with Crippen LogP contribution < -0.4 is 9.47 Å². The van der Waals surface area contributed by atoms with Gasteiger partial charge in [0.2, 0.25) is 0 Å². The highest BCUT2D eigenvalue weighted by Crippen LogP contribution is 2.42. The van der Waals surface area contributed by atoms with Crippen LogP contribution in [-0.4, -0.2) is 23.8 Å². The molecule has 0 saturated heterocycles. The third-order valence-electron chi connectivity index (χ3n) is 4.16. The average Bonchev–Trinajstić information content (AvgIpc) is 2.69. The molecule has 1 aromatic carbocycles. The van der Waals surface area contributed by atoms with E-state index in [4.69, 9.17) is 21.7 Å². The predicted octanol–water partition coefficient (Wildman–Crippen LogP) is 3.62. The first-order valence-corrected chi connectivity index (χ1v) is 6.87. The van der Waals surface area contributed by atoms with Crippen LogP contribution in [0.25, 0.3) is 11.0 Å². The monoisotopic (exact) mass is 278 g/mol. The molecule has 0 spiro atoms. The Morgan fingerprint density at radius 3 is 2.37 bits per heavy atom. The molecular weight excluding hydrogens is 260 g/mol. The van der Waals surface area contributed by atoms with Crippen molar-refractivity contribution >= 4 is 23.3 Å². The number of benzene rings is 1. The normalized spacial score (nSPS) is 17.2. The second-order valence-corrected chi connectivity index (χ2v) is 5.73. The summed E-state index contributed by atoms with van der Waals surface area (Å²) in [5, 5.41) is 0. The molecule has 0 bridgehead atoms. The number of fused-ring (bicyclic) bond motifs is 1. The summed E-state index contributed by atoms with van der Waals surface area (Å²) in [5.41, 5.74) is 2.22. The van der Waals surface area contributed by atoms with Gasteiger partial charge in [0.25, 0.3) is 0 Å². The van der Waals surface area contributed by atoms with E-state index in [-0.39, 0.29) is 5.54 Å². The Labute approximate surface area is 117 Å². The van der Waals surface area contributed by atoms with Gasteiger partial charge in [0, 0.05) is 17.7 Å². The minimum Gasteiger partial charge on any atom is -0.493 e. The molecule has 0 amide bonds. The van der Waals surface area contributed by atoms with Gasteiger partial charge in [-0.3, -0.25) is 0 Å². The second kappa shape index (κ2) is 4.27. The fourth-order valence-electron chi connectivity index (χ4n) is 2.88. The second-order valence-electron chi connectivity index (χ2n) is 5.34. The molecule has 0 aliphatic heterocycles. The summed E-state index contributed by atoms with van der Waals surface area (Å²) < 4.78 is 13.7. The number of nitrogens with one attached hydrogen (secondary N) is 1. The molecule has 5 heteroatoms. The van der Waals surface area contributed by atoms with E-state index in [9.17, 15) is 0 Å². The molecule has 1 aliphatic carbocycles. The van der Waals surface area contributed by atoms with E-state index in [1.54, 1.807) is 14.2 Å². The van der Waals surface area contributed by atoms with E-state index in [1.807, 2.05) is 12.1 Å². The van der Waals surface area contributed by atoms with Crippen molar-refractivity contribution in [3.63, 3.8) is 0 Å². The Morgan fingerprint density at radius 2 is 1.84 bits per heavy atom. The van der Waals surface area contributed by atoms with E-state index >= 15 is 0 Å². The number of aromatic amines is 1. The molecule has 2 aromatic rings. The first kappa shape index (κ1) is 12.5. The summed E-state index contributed by atoms with van der Waals surface area (Å²) in [6.07, 6.45) is 3.60. The maximum absolute atomic E-state index is 5.49. The Hall–Kier alpha value is -1.49. The lowest BCUT2D eigenvalue weighted by molar-refractivity contribution is 0.172. The van der Waals surface area contributed by atoms with Crippen LogP contribution in [0.4, 0.5) is 0 Å². The van der Waals surface area contributed by atoms with Crippen molar-refractivity contribution in [2.75, 3.05) is 14.2 Å². The molecule has 1 heterocycles. The quantitative estimate of drug-likeness (QED) is 0.872. The van der Waals surface area contributed by atoms with Crippen molar-refractivity contribution in [1.82, 2.24) is 9.55 Å². The van der Waals surface area contributed by atoms with E-state index in [0.717, 1.165) is 27.3 Å². The minimum absolute atomic E-state index is 0.134. The van der Waals surface area contributed by atoms with Gasteiger partial charge in [0.05, 0.1) is 25.3 Å². The zero-order chi connectivity index (χ0) is 13.6. The number of hydrogen-bond acceptors (Lipinski definition) is 3. The molecule has 0 unspecified atom stereocenters. The third kappa shape index (κ3) is 1.75. The molecule has 1 fully saturated rings. The van der Waals surface area contributed by atoms with E-state index in [2.05, 4.69) is 16.5 Å². The fourth-order valence-corrected chi connectivity index (χ4v) is 3.31. The highest BCUT2D eigenvalue weighted by atomic mass is 32.1. The number of nitrogens with zero attached hydrogens (tertiary/aromatic N) is 1. The van der Waals surface area contributed by atoms with Gasteiger partial charge in [-0.2, -0.15) is 0 Å². The highest BCUT2D eigenvalue weighted by Gasteiger charge is 2.35. The number of H-pyrrole nitrogens is 1. The Bertz CT molecular complexity index is 683. The van der Waals surface area contributed by atoms with Crippen LogP contribution in [0.5, 0.6) is 11.5 Å². The van der Waals surface area contributed by atoms with Crippen molar-refractivity contribution in [1.29, 1.82) is 0 Å². The fraction of sp³-hybridized carbons (Fsp3) is 0.500. The zero-order valence-corrected chi connectivity index (χ0v) is 12.3. The number of imidazole rings is 1. The zero-order valence-electron chi connectivity index (χ0n) is 11.4. The first-order chi connectivity index (χ1) is 9.09. The van der Waals surface area contributed by atoms with Crippen molar-refractivity contribution in [3.05, 3.63) is 16.9 Å². The van der Waals surface area contributed by atoms with Crippen LogP contribution in [0.2, 0.25) is 0 Å². The van der Waals surface area contributed by atoms with Crippen LogP contribution in [-0.2, 0) is 5.54 Å². The van der Waals surface area contributed by atoms with E-state index in [0.29, 0.717) is 0 Å². The molecule has 3 rings (SSSR count). The number of aromatic nitrogens is 2. The largest absolute Gasteiger partial charge is 0.493 e. The predicted molar refractivity (Wildman–Crippen MR) is 77.7 cm³/mol. The molecule has 4 nitrogen and oxygen atoms in total. The number of methoxy groups -OCH3 is 2. The summed E-state index contributed by atoms with van der Waals surface area (Å²) in [5.74, 6) is 1.46. The minimum atomic E-state index is 0.134. The molecular formula is C14H18N2O2S. The Morgan fingerprint density at radius 1 is 1.21 bits per heavy atom. The smallest absolute Gasteiger partial charge is 0.178 e. The van der Waals surface area contributed by atoms with Gasteiger partial charge >= 0.3 is 0 Å². The standard InChI is InChI=1S/C14H18N2O2S/c1-14(5-4-6-14)16-10-8-12(18-3)11(17-2)7-9(10)15-13(16)19/h7-8H,4-6H2,1-3H3,(H,15,19). The molecule has 102 valence electrons. The maximum atomic E-state index is 5.49. The molecule has 1 saturated carbocycles. The topological polar surface area (TPSA) is 39.2 Å². The van der Waals surface area contributed by atoms with E-state index < -0.39 is 0 Å². The van der Waals surface area contributed by atoms with E-state index in [1.165, 1.54) is 19.3 Å². The average molecular weight is 278 g/mol. The molecule has 1 aliphatic rings. The van der Waals surface area contributed by atoms with Gasteiger partial charge in [-0.25, -0.2) is 0 Å². The van der Waals surface area contributed by atoms with Crippen LogP contribution in [0.15, 0.2) is 12.1 Å². The first-order valence-electron chi connectivity index (χ1n) is 6.46. The maximum Gasteiger partial charge on any atom is 0.178 e. The van der Waals surface area contributed by atoms with Gasteiger partial charge in [0.15, 0.2) is 16.3 Å². The van der Waals surface area contributed by atoms with Gasteiger partial charge in [-0.15, -0.1) is 0 Å². The summed E-state index contributed by atoms with van der Waals surface area (Å²) in [6.45, 7) is 2.26. The summed E-state index contributed by atoms with van der Waals surface area (Å²) in [4.78, 5) is 3.27. The van der Waals surface area contributed by atoms with Crippen LogP contribution in [0.3, 0.4) is 0 Å². The highest BCUT2D eigenvalue weighted by molar-refractivity contribution is 7.71. The lowest BCUT2D eigenvalue weighted by Crippen LogP contribution is -2.37. The molecule has 19 heavy (non-hydrogen) atoms. The van der Waals surface area contributed by atoms with Crippen LogP contribution >= 0.6 is 12.2 Å². The lowest BCUT2D eigenvalue weighted by Gasteiger charge is -2.40. The Kier molecular flexibility index (Phi) is 2.82. The van der Waals surface area contributed by atoms with Crippen molar-refractivity contribution in [3.8, 4) is 11.5 Å². The summed E-state index contributed by atoms with van der Waals surface area (Å²) in [6, 6.07) is 3.95. The third-order valence-corrected chi connectivity index (χ3v) is 4.44. The van der Waals surface area contributed by atoms with Gasteiger partial charge in [-0.1, -0.05) is 0 Å². The summed E-state index contributed by atoms with van der Waals surface area (Å²) in [7, 11) is 3.29. The van der Waals surface area contributed by atoms with Crippen molar-refractivity contribution < 1.29 is 9.47 Å². The van der Waals surface area contributed by atoms with Crippen molar-refractivity contribution in [2.24, 2.45) is 0 Å². The summed E-state index contributed by atoms with van der Waals surface area (Å²) >= 11 is 5.49. The number of ether oxygens (including phenoxy) is 2. The van der Waals surface area contributed by atoms with Gasteiger partial charge < -0.3 is 19.0 Å².